The van der Waals surface area contributed by atoms with Gasteiger partial charge in [-0.15, -0.1) is 0 Å². The average Bonchev–Trinajstić information content (AvgIpc) is 2.96. The topological polar surface area (TPSA) is 16.8 Å². The molecule has 30 heavy (non-hydrogen) atoms. The Balaban J connectivity index is 1.69. The molecule has 0 radical (unpaired) electrons. The molecule has 2 heterocycles. The van der Waals surface area contributed by atoms with Crippen LogP contribution in [0.5, 0.6) is 0 Å². The molecule has 0 aliphatic heterocycles. The summed E-state index contributed by atoms with van der Waals surface area (Å²) in [6, 6.07) is 22.2. The minimum atomic E-state index is -0.0957. The maximum absolute atomic E-state index is 4.73. The van der Waals surface area contributed by atoms with E-state index >= 15 is 0 Å². The zero-order chi connectivity index (χ0) is 21.0. The van der Waals surface area contributed by atoms with Crippen LogP contribution in [0.15, 0.2) is 73.1 Å². The molecule has 0 N–H and O–H groups in total. The molecule has 2 heteroatoms. The first kappa shape index (κ1) is 18.7. The molecule has 5 rings (SSSR count). The van der Waals surface area contributed by atoms with Crippen molar-refractivity contribution in [2.75, 3.05) is 0 Å². The molecular weight excluding hydrogens is 364 g/mol. The van der Waals surface area contributed by atoms with E-state index in [1.807, 2.05) is 12.3 Å². The molecule has 1 aliphatic carbocycles. The van der Waals surface area contributed by atoms with Gasteiger partial charge in [0.1, 0.15) is 7.05 Å². The van der Waals surface area contributed by atoms with E-state index in [1.54, 1.807) is 0 Å². The van der Waals surface area contributed by atoms with Gasteiger partial charge in [-0.05, 0) is 53.8 Å². The molecule has 2 aromatic carbocycles. The van der Waals surface area contributed by atoms with Crippen LogP contribution in [0.2, 0.25) is 0 Å². The van der Waals surface area contributed by atoms with E-state index in [9.17, 15) is 0 Å². The second-order valence-corrected chi connectivity index (χ2v) is 9.01. The fourth-order valence-electron chi connectivity index (χ4n) is 4.74. The quantitative estimate of drug-likeness (QED) is 0.374. The number of hydrogen-bond donors (Lipinski definition) is 0. The molecule has 0 saturated carbocycles. The third-order valence-corrected chi connectivity index (χ3v) is 6.54. The predicted octanol–water partition coefficient (Wildman–Crippen LogP) is 6.16. The van der Waals surface area contributed by atoms with Gasteiger partial charge in [0.15, 0.2) is 6.20 Å². The summed E-state index contributed by atoms with van der Waals surface area (Å²) in [5, 5.41) is 0. The van der Waals surface area contributed by atoms with Crippen molar-refractivity contribution in [3.8, 4) is 33.5 Å². The highest BCUT2D eigenvalue weighted by molar-refractivity contribution is 5.83. The van der Waals surface area contributed by atoms with Gasteiger partial charge in [0, 0.05) is 34.9 Å². The zero-order valence-electron chi connectivity index (χ0n) is 18.3. The molecule has 148 valence electrons. The summed E-state index contributed by atoms with van der Waals surface area (Å²) in [7, 11) is 2.13. The molecule has 2 nitrogen and oxygen atoms in total. The van der Waals surface area contributed by atoms with E-state index in [4.69, 9.17) is 4.98 Å². The third-order valence-electron chi connectivity index (χ3n) is 6.54. The molecule has 0 amide bonds. The fraction of sp³-hybridized carbons (Fsp3) is 0.214. The van der Waals surface area contributed by atoms with Crippen molar-refractivity contribution in [2.24, 2.45) is 7.05 Å². The average molecular weight is 392 g/mol. The number of fused-ring (bicyclic) bond motifs is 3. The molecule has 1 aliphatic rings. The minimum absolute atomic E-state index is 0.0957. The Morgan fingerprint density at radius 3 is 2.33 bits per heavy atom. The van der Waals surface area contributed by atoms with Crippen molar-refractivity contribution in [2.45, 2.75) is 33.1 Å². The largest absolute Gasteiger partial charge is 0.260 e. The molecule has 0 atom stereocenters. The number of benzene rings is 2. The number of hydrogen-bond acceptors (Lipinski definition) is 1. The van der Waals surface area contributed by atoms with Gasteiger partial charge >= 0.3 is 0 Å². The summed E-state index contributed by atoms with van der Waals surface area (Å²) < 4.78 is 2.22. The molecule has 0 saturated heterocycles. The van der Waals surface area contributed by atoms with Gasteiger partial charge in [-0.3, -0.25) is 4.98 Å². The van der Waals surface area contributed by atoms with Crippen LogP contribution in [0.4, 0.5) is 0 Å². The van der Waals surface area contributed by atoms with E-state index in [0.29, 0.717) is 0 Å². The fourth-order valence-corrected chi connectivity index (χ4v) is 4.74. The van der Waals surface area contributed by atoms with Gasteiger partial charge in [-0.1, -0.05) is 55.8 Å². The lowest BCUT2D eigenvalue weighted by Gasteiger charge is -2.21. The highest BCUT2D eigenvalue weighted by Crippen LogP contribution is 2.49. The summed E-state index contributed by atoms with van der Waals surface area (Å²) in [4.78, 5) is 4.73. The number of nitrogens with zero attached hydrogens (tertiary/aromatic N) is 2. The monoisotopic (exact) mass is 391 g/mol. The van der Waals surface area contributed by atoms with E-state index < -0.39 is 0 Å². The van der Waals surface area contributed by atoms with Crippen molar-refractivity contribution in [1.29, 1.82) is 0 Å². The molecular formula is C28H27N2+. The maximum Gasteiger partial charge on any atom is 0.213 e. The Morgan fingerprint density at radius 2 is 1.57 bits per heavy atom. The summed E-state index contributed by atoms with van der Waals surface area (Å²) in [6.07, 6.45) is 4.07. The molecule has 0 bridgehead atoms. The highest BCUT2D eigenvalue weighted by atomic mass is 14.9. The van der Waals surface area contributed by atoms with Gasteiger partial charge in [-0.25, -0.2) is 4.57 Å². The Labute approximate surface area is 178 Å². The van der Waals surface area contributed by atoms with Crippen molar-refractivity contribution in [3.05, 3.63) is 95.4 Å². The number of aryl methyl sites for hydroxylation is 3. The Morgan fingerprint density at radius 1 is 0.800 bits per heavy atom. The van der Waals surface area contributed by atoms with Crippen LogP contribution in [0.25, 0.3) is 33.5 Å². The van der Waals surface area contributed by atoms with Gasteiger partial charge < -0.3 is 0 Å². The second-order valence-electron chi connectivity index (χ2n) is 9.01. The Hall–Kier alpha value is -3.26. The van der Waals surface area contributed by atoms with Crippen LogP contribution in [-0.2, 0) is 12.5 Å². The van der Waals surface area contributed by atoms with E-state index in [2.05, 4.69) is 100 Å². The zero-order valence-corrected chi connectivity index (χ0v) is 18.3. The summed E-state index contributed by atoms with van der Waals surface area (Å²) in [5.74, 6) is 0. The van der Waals surface area contributed by atoms with E-state index in [0.717, 1.165) is 0 Å². The first-order valence-corrected chi connectivity index (χ1v) is 10.5. The normalized spacial score (nSPS) is 13.8. The molecule has 0 fully saturated rings. The lowest BCUT2D eigenvalue weighted by atomic mass is 9.83. The standard InChI is InChI=1S/C28H27N2/c1-18-8-10-20(11-9-18)21-12-14-30(5)26(16-21)23-17-25-24(15-19(23)2)22-7-6-13-29-27(22)28(25,3)4/h6-17H,1-5H3/q+1. The van der Waals surface area contributed by atoms with E-state index in [-0.39, 0.29) is 5.41 Å². The maximum atomic E-state index is 4.73. The van der Waals surface area contributed by atoms with Crippen LogP contribution < -0.4 is 4.57 Å². The number of pyridine rings is 2. The Kier molecular flexibility index (Phi) is 4.14. The number of aromatic nitrogens is 2. The van der Waals surface area contributed by atoms with Crippen LogP contribution in [0, 0.1) is 13.8 Å². The van der Waals surface area contributed by atoms with Crippen molar-refractivity contribution in [1.82, 2.24) is 4.98 Å². The van der Waals surface area contributed by atoms with Gasteiger partial charge in [0.05, 0.1) is 5.69 Å². The van der Waals surface area contributed by atoms with Crippen molar-refractivity contribution >= 4 is 0 Å². The molecule has 2 aromatic heterocycles. The molecule has 0 spiro atoms. The van der Waals surface area contributed by atoms with Crippen LogP contribution in [-0.4, -0.2) is 4.98 Å². The third kappa shape index (κ3) is 2.79. The minimum Gasteiger partial charge on any atom is -0.260 e. The van der Waals surface area contributed by atoms with Crippen molar-refractivity contribution in [3.63, 3.8) is 0 Å². The smallest absolute Gasteiger partial charge is 0.213 e. The first-order valence-electron chi connectivity index (χ1n) is 10.5. The predicted molar refractivity (Wildman–Crippen MR) is 123 cm³/mol. The Bertz CT molecular complexity index is 1280. The summed E-state index contributed by atoms with van der Waals surface area (Å²) in [6.45, 7) is 8.91. The first-order chi connectivity index (χ1) is 14.4. The molecule has 0 unspecified atom stereocenters. The molecule has 4 aromatic rings. The van der Waals surface area contributed by atoms with Gasteiger partial charge in [-0.2, -0.15) is 0 Å². The summed E-state index contributed by atoms with van der Waals surface area (Å²) in [5.41, 5.74) is 12.6. The SMILES string of the molecule is Cc1ccc(-c2cc[n+](C)c(-c3cc4c(cc3C)-c3cccnc3C4(C)C)c2)cc1. The van der Waals surface area contributed by atoms with Crippen molar-refractivity contribution < 1.29 is 4.57 Å². The van der Waals surface area contributed by atoms with Crippen LogP contribution in [0.1, 0.15) is 36.2 Å². The van der Waals surface area contributed by atoms with Crippen LogP contribution in [0.3, 0.4) is 0 Å². The lowest BCUT2D eigenvalue weighted by Crippen LogP contribution is -2.30. The lowest BCUT2D eigenvalue weighted by molar-refractivity contribution is -0.660. The van der Waals surface area contributed by atoms with E-state index in [1.165, 1.54) is 55.9 Å². The highest BCUT2D eigenvalue weighted by Gasteiger charge is 2.37. The van der Waals surface area contributed by atoms with Crippen LogP contribution >= 0.6 is 0 Å². The second kappa shape index (κ2) is 6.63. The van der Waals surface area contributed by atoms with Gasteiger partial charge in [0.2, 0.25) is 5.69 Å². The summed E-state index contributed by atoms with van der Waals surface area (Å²) >= 11 is 0. The van der Waals surface area contributed by atoms with Gasteiger partial charge in [0.25, 0.3) is 0 Å². The number of rotatable bonds is 2.